The fraction of sp³-hybridized carbons (Fsp3) is 0.263. The van der Waals surface area contributed by atoms with Gasteiger partial charge in [0.05, 0.1) is 4.90 Å². The summed E-state index contributed by atoms with van der Waals surface area (Å²) in [7, 11) is -3.93. The van der Waals surface area contributed by atoms with Crippen LogP contribution in [-0.2, 0) is 16.2 Å². The molecule has 2 aromatic rings. The number of aromatic nitrogens is 2. The third kappa shape index (κ3) is 5.79. The number of hydrogen-bond donors (Lipinski definition) is 1. The van der Waals surface area contributed by atoms with Gasteiger partial charge in [0.15, 0.2) is 5.69 Å². The average molecular weight is 424 g/mol. The lowest BCUT2D eigenvalue weighted by atomic mass is 10.1. The van der Waals surface area contributed by atoms with E-state index in [0.29, 0.717) is 5.57 Å². The SMILES string of the molecule is CC#CN=C/C(=C\C(C)C)c1nc(C(F)(F)F)cn1-c1ccc(S(N)(=O)=O)cc1. The summed E-state index contributed by atoms with van der Waals surface area (Å²) in [6, 6.07) is 7.60. The molecule has 0 atom stereocenters. The van der Waals surface area contributed by atoms with Crippen LogP contribution in [-0.4, -0.2) is 24.2 Å². The van der Waals surface area contributed by atoms with Crippen molar-refractivity contribution in [2.24, 2.45) is 16.0 Å². The van der Waals surface area contributed by atoms with E-state index in [1.54, 1.807) is 13.0 Å². The van der Waals surface area contributed by atoms with Crippen molar-refractivity contribution in [1.29, 1.82) is 0 Å². The second-order valence-electron chi connectivity index (χ2n) is 6.34. The molecule has 154 valence electrons. The van der Waals surface area contributed by atoms with Gasteiger partial charge in [0.2, 0.25) is 10.0 Å². The Morgan fingerprint density at radius 3 is 2.38 bits per heavy atom. The van der Waals surface area contributed by atoms with Gasteiger partial charge in [-0.2, -0.15) is 13.2 Å². The second-order valence-corrected chi connectivity index (χ2v) is 7.90. The molecular formula is C19H19F3N4O2S. The monoisotopic (exact) mass is 424 g/mol. The van der Waals surface area contributed by atoms with Crippen molar-refractivity contribution in [3.05, 3.63) is 48.1 Å². The Hall–Kier alpha value is -2.90. The van der Waals surface area contributed by atoms with Crippen molar-refractivity contribution in [3.8, 4) is 17.7 Å². The first kappa shape index (κ1) is 22.4. The van der Waals surface area contributed by atoms with Crippen LogP contribution in [0.25, 0.3) is 11.3 Å². The molecule has 0 fully saturated rings. The van der Waals surface area contributed by atoms with Gasteiger partial charge >= 0.3 is 6.18 Å². The van der Waals surface area contributed by atoms with E-state index in [1.165, 1.54) is 35.0 Å². The van der Waals surface area contributed by atoms with Gasteiger partial charge in [-0.15, -0.1) is 0 Å². The minimum Gasteiger partial charge on any atom is -0.299 e. The lowest BCUT2D eigenvalue weighted by molar-refractivity contribution is -0.140. The van der Waals surface area contributed by atoms with Crippen LogP contribution in [0.4, 0.5) is 13.2 Å². The minimum atomic E-state index is -4.66. The predicted octanol–water partition coefficient (Wildman–Crippen LogP) is 3.63. The molecule has 0 saturated carbocycles. The van der Waals surface area contributed by atoms with Crippen LogP contribution in [0.2, 0.25) is 0 Å². The lowest BCUT2D eigenvalue weighted by Gasteiger charge is -2.10. The number of alkyl halides is 3. The first-order valence-corrected chi connectivity index (χ1v) is 9.95. The molecule has 0 aliphatic rings. The summed E-state index contributed by atoms with van der Waals surface area (Å²) >= 11 is 0. The van der Waals surface area contributed by atoms with Gasteiger partial charge in [-0.1, -0.05) is 25.8 Å². The van der Waals surface area contributed by atoms with Gasteiger partial charge in [-0.3, -0.25) is 4.57 Å². The smallest absolute Gasteiger partial charge is 0.299 e. The number of nitrogens with two attached hydrogens (primary N) is 1. The van der Waals surface area contributed by atoms with Crippen molar-refractivity contribution in [2.75, 3.05) is 0 Å². The summed E-state index contributed by atoms with van der Waals surface area (Å²) in [6.45, 7) is 5.30. The van der Waals surface area contributed by atoms with Gasteiger partial charge < -0.3 is 0 Å². The standard InChI is InChI=1S/C19H19F3N4O2S/c1-4-9-24-11-14(10-13(2)3)18-25-17(19(20,21)22)12-26(18)15-5-7-16(8-6-15)29(23,27)28/h5-8,10-13H,1-3H3,(H2,23,27,28)/b14-10+,24-11?. The quantitative estimate of drug-likeness (QED) is 0.587. The van der Waals surface area contributed by atoms with E-state index < -0.39 is 21.9 Å². The fourth-order valence-corrected chi connectivity index (χ4v) is 2.93. The molecule has 29 heavy (non-hydrogen) atoms. The Kier molecular flexibility index (Phi) is 6.66. The van der Waals surface area contributed by atoms with E-state index >= 15 is 0 Å². The zero-order valence-corrected chi connectivity index (χ0v) is 16.7. The van der Waals surface area contributed by atoms with Crippen LogP contribution in [0.5, 0.6) is 0 Å². The van der Waals surface area contributed by atoms with Crippen LogP contribution >= 0.6 is 0 Å². The molecule has 0 radical (unpaired) electrons. The summed E-state index contributed by atoms with van der Waals surface area (Å²) < 4.78 is 64.0. The van der Waals surface area contributed by atoms with Crippen molar-refractivity contribution < 1.29 is 21.6 Å². The molecule has 2 rings (SSSR count). The summed E-state index contributed by atoms with van der Waals surface area (Å²) in [5.41, 5.74) is -0.471. The normalized spacial score (nSPS) is 13.0. The molecule has 0 aliphatic carbocycles. The van der Waals surface area contributed by atoms with E-state index in [2.05, 4.69) is 21.9 Å². The van der Waals surface area contributed by atoms with Crippen LogP contribution in [0.3, 0.4) is 0 Å². The number of benzene rings is 1. The molecule has 1 aromatic carbocycles. The second kappa shape index (κ2) is 8.63. The number of rotatable bonds is 5. The van der Waals surface area contributed by atoms with Crippen molar-refractivity contribution in [1.82, 2.24) is 9.55 Å². The maximum absolute atomic E-state index is 13.3. The maximum atomic E-state index is 13.3. The summed E-state index contributed by atoms with van der Waals surface area (Å²) in [6.07, 6.45) is -0.772. The van der Waals surface area contributed by atoms with E-state index in [-0.39, 0.29) is 22.3 Å². The van der Waals surface area contributed by atoms with Crippen LogP contribution in [0.15, 0.2) is 46.4 Å². The van der Waals surface area contributed by atoms with Gasteiger partial charge in [0.25, 0.3) is 0 Å². The van der Waals surface area contributed by atoms with Crippen LogP contribution in [0.1, 0.15) is 32.3 Å². The van der Waals surface area contributed by atoms with Gasteiger partial charge in [0, 0.05) is 29.7 Å². The zero-order chi connectivity index (χ0) is 21.8. The van der Waals surface area contributed by atoms with Crippen molar-refractivity contribution >= 4 is 21.8 Å². The highest BCUT2D eigenvalue weighted by Crippen LogP contribution is 2.31. The molecule has 6 nitrogen and oxygen atoms in total. The highest BCUT2D eigenvalue weighted by Gasteiger charge is 2.35. The molecule has 0 spiro atoms. The van der Waals surface area contributed by atoms with Crippen LogP contribution < -0.4 is 5.14 Å². The number of allylic oxidation sites excluding steroid dienone is 2. The molecule has 1 heterocycles. The Morgan fingerprint density at radius 1 is 1.28 bits per heavy atom. The number of aliphatic imine (C=N–C) groups is 1. The Bertz CT molecular complexity index is 1100. The number of imidazole rings is 1. The lowest BCUT2D eigenvalue weighted by Crippen LogP contribution is -2.12. The molecular weight excluding hydrogens is 405 g/mol. The number of halogens is 3. The molecule has 0 unspecified atom stereocenters. The average Bonchev–Trinajstić information content (AvgIpc) is 3.06. The molecule has 10 heteroatoms. The summed E-state index contributed by atoms with van der Waals surface area (Å²) in [5.74, 6) is 2.56. The highest BCUT2D eigenvalue weighted by molar-refractivity contribution is 7.89. The minimum absolute atomic E-state index is 0.00367. The third-order valence-electron chi connectivity index (χ3n) is 3.59. The third-order valence-corrected chi connectivity index (χ3v) is 4.52. The van der Waals surface area contributed by atoms with Crippen LogP contribution in [0, 0.1) is 17.9 Å². The number of nitrogens with zero attached hydrogens (tertiary/aromatic N) is 3. The molecule has 2 N–H and O–H groups in total. The van der Waals surface area contributed by atoms with E-state index in [0.717, 1.165) is 6.20 Å². The van der Waals surface area contributed by atoms with Gasteiger partial charge in [-0.25, -0.2) is 23.5 Å². The number of primary sulfonamides is 1. The molecule has 0 bridgehead atoms. The summed E-state index contributed by atoms with van der Waals surface area (Å²) in [4.78, 5) is 7.48. The van der Waals surface area contributed by atoms with Crippen molar-refractivity contribution in [3.63, 3.8) is 0 Å². The van der Waals surface area contributed by atoms with Gasteiger partial charge in [-0.05, 0) is 37.1 Å². The Balaban J connectivity index is 2.70. The summed E-state index contributed by atoms with van der Waals surface area (Å²) in [5, 5.41) is 5.07. The van der Waals surface area contributed by atoms with E-state index in [9.17, 15) is 21.6 Å². The number of hydrogen-bond acceptors (Lipinski definition) is 4. The van der Waals surface area contributed by atoms with E-state index in [1.807, 2.05) is 13.8 Å². The maximum Gasteiger partial charge on any atom is 0.434 e. The molecule has 1 aromatic heterocycles. The van der Waals surface area contributed by atoms with Crippen molar-refractivity contribution in [2.45, 2.75) is 31.8 Å². The first-order chi connectivity index (χ1) is 13.4. The first-order valence-electron chi connectivity index (χ1n) is 8.40. The highest BCUT2D eigenvalue weighted by atomic mass is 32.2. The number of sulfonamides is 1. The molecule has 0 amide bonds. The molecule has 0 aliphatic heterocycles. The zero-order valence-electron chi connectivity index (χ0n) is 15.9. The molecule has 0 saturated heterocycles. The Labute approximate surface area is 167 Å². The topological polar surface area (TPSA) is 90.3 Å². The predicted molar refractivity (Wildman–Crippen MR) is 105 cm³/mol. The Morgan fingerprint density at radius 2 is 1.90 bits per heavy atom. The largest absolute Gasteiger partial charge is 0.434 e. The van der Waals surface area contributed by atoms with Gasteiger partial charge in [0.1, 0.15) is 5.82 Å². The van der Waals surface area contributed by atoms with E-state index in [4.69, 9.17) is 5.14 Å². The fourth-order valence-electron chi connectivity index (χ4n) is 2.41.